The molecule has 0 aliphatic heterocycles. The molecule has 1 aromatic rings. The first-order valence-electron chi connectivity index (χ1n) is 3.68. The van der Waals surface area contributed by atoms with Gasteiger partial charge in [0.2, 0.25) is 0 Å². The second-order valence-electron chi connectivity index (χ2n) is 2.71. The van der Waals surface area contributed by atoms with Crippen molar-refractivity contribution in [2.24, 2.45) is 0 Å². The van der Waals surface area contributed by atoms with E-state index in [1.54, 1.807) is 17.5 Å². The summed E-state index contributed by atoms with van der Waals surface area (Å²) < 4.78 is 0.776. The van der Waals surface area contributed by atoms with E-state index >= 15 is 0 Å². The van der Waals surface area contributed by atoms with Crippen molar-refractivity contribution in [1.29, 1.82) is 0 Å². The number of nitrogens with zero attached hydrogens (tertiary/aromatic N) is 1. The summed E-state index contributed by atoms with van der Waals surface area (Å²) in [5.41, 5.74) is 0. The number of nitrogens with one attached hydrogen (secondary N) is 1. The Kier molecular flexibility index (Phi) is 2.11. The molecule has 60 valence electrons. The Morgan fingerprint density at radius 2 is 2.55 bits per heavy atom. The van der Waals surface area contributed by atoms with Crippen LogP contribution in [0.2, 0.25) is 4.34 Å². The molecule has 0 unspecified atom stereocenters. The van der Waals surface area contributed by atoms with Gasteiger partial charge in [-0.05, 0) is 12.8 Å². The number of hydrogen-bond acceptors (Lipinski definition) is 3. The van der Waals surface area contributed by atoms with Crippen LogP contribution in [0, 0.1) is 0 Å². The van der Waals surface area contributed by atoms with Crippen molar-refractivity contribution in [3.05, 3.63) is 15.5 Å². The van der Waals surface area contributed by atoms with Gasteiger partial charge in [0.25, 0.3) is 0 Å². The van der Waals surface area contributed by atoms with Crippen LogP contribution in [0.4, 0.5) is 0 Å². The summed E-state index contributed by atoms with van der Waals surface area (Å²) >= 11 is 7.27. The zero-order valence-electron chi connectivity index (χ0n) is 6.01. The van der Waals surface area contributed by atoms with Gasteiger partial charge in [-0.15, -0.1) is 11.3 Å². The second-order valence-corrected chi connectivity index (χ2v) is 4.46. The average Bonchev–Trinajstić information content (AvgIpc) is 2.72. The van der Waals surface area contributed by atoms with Crippen LogP contribution < -0.4 is 5.32 Å². The first kappa shape index (κ1) is 7.53. The predicted molar refractivity (Wildman–Crippen MR) is 47.0 cm³/mol. The second kappa shape index (κ2) is 3.09. The standard InChI is InChI=1S/C7H9ClN2S/c8-6-3-10-7(11-6)4-9-5-1-2-5/h3,5,9H,1-2,4H2. The summed E-state index contributed by atoms with van der Waals surface area (Å²) in [4.78, 5) is 4.14. The van der Waals surface area contributed by atoms with E-state index in [-0.39, 0.29) is 0 Å². The summed E-state index contributed by atoms with van der Waals surface area (Å²) in [6.07, 6.45) is 4.34. The quantitative estimate of drug-likeness (QED) is 0.786. The topological polar surface area (TPSA) is 24.9 Å². The largest absolute Gasteiger partial charge is 0.308 e. The molecule has 0 saturated heterocycles. The highest BCUT2D eigenvalue weighted by Crippen LogP contribution is 2.21. The first-order chi connectivity index (χ1) is 5.34. The number of thiazole rings is 1. The van der Waals surface area contributed by atoms with E-state index in [4.69, 9.17) is 11.6 Å². The van der Waals surface area contributed by atoms with E-state index < -0.39 is 0 Å². The number of hydrogen-bond donors (Lipinski definition) is 1. The van der Waals surface area contributed by atoms with E-state index in [2.05, 4.69) is 10.3 Å². The molecule has 4 heteroatoms. The van der Waals surface area contributed by atoms with E-state index in [1.165, 1.54) is 12.8 Å². The maximum Gasteiger partial charge on any atom is 0.113 e. The molecule has 2 nitrogen and oxygen atoms in total. The smallest absolute Gasteiger partial charge is 0.113 e. The van der Waals surface area contributed by atoms with Crippen molar-refractivity contribution < 1.29 is 0 Å². The van der Waals surface area contributed by atoms with Crippen LogP contribution in [0.1, 0.15) is 17.8 Å². The Labute approximate surface area is 74.6 Å². The zero-order valence-corrected chi connectivity index (χ0v) is 7.58. The lowest BCUT2D eigenvalue weighted by Crippen LogP contribution is -2.14. The van der Waals surface area contributed by atoms with E-state index in [0.717, 1.165) is 21.9 Å². The van der Waals surface area contributed by atoms with Gasteiger partial charge in [0.15, 0.2) is 0 Å². The molecule has 2 rings (SSSR count). The summed E-state index contributed by atoms with van der Waals surface area (Å²) in [6.45, 7) is 0.877. The van der Waals surface area contributed by atoms with Gasteiger partial charge in [0.05, 0.1) is 6.20 Å². The van der Waals surface area contributed by atoms with Crippen LogP contribution in [0.15, 0.2) is 6.20 Å². The highest BCUT2D eigenvalue weighted by molar-refractivity contribution is 7.15. The molecular weight excluding hydrogens is 180 g/mol. The lowest BCUT2D eigenvalue weighted by atomic mass is 10.6. The van der Waals surface area contributed by atoms with Crippen molar-refractivity contribution in [2.45, 2.75) is 25.4 Å². The minimum absolute atomic E-state index is 0.748. The highest BCUT2D eigenvalue weighted by atomic mass is 35.5. The zero-order chi connectivity index (χ0) is 7.68. The van der Waals surface area contributed by atoms with Crippen molar-refractivity contribution in [3.63, 3.8) is 0 Å². The Hall–Kier alpha value is -0.120. The maximum absolute atomic E-state index is 5.72. The predicted octanol–water partition coefficient (Wildman–Crippen LogP) is 2.05. The van der Waals surface area contributed by atoms with Crippen LogP contribution in [-0.4, -0.2) is 11.0 Å². The molecule has 11 heavy (non-hydrogen) atoms. The van der Waals surface area contributed by atoms with Crippen molar-refractivity contribution in [3.8, 4) is 0 Å². The first-order valence-corrected chi connectivity index (χ1v) is 4.87. The Morgan fingerprint density at radius 3 is 3.09 bits per heavy atom. The lowest BCUT2D eigenvalue weighted by molar-refractivity contribution is 0.684. The molecule has 0 spiro atoms. The molecule has 1 saturated carbocycles. The van der Waals surface area contributed by atoms with Gasteiger partial charge in [-0.3, -0.25) is 0 Å². The SMILES string of the molecule is Clc1cnc(CNC2CC2)s1. The van der Waals surface area contributed by atoms with Gasteiger partial charge < -0.3 is 5.32 Å². The molecule has 1 aliphatic carbocycles. The molecule has 1 fully saturated rings. The van der Waals surface area contributed by atoms with Gasteiger partial charge in [-0.25, -0.2) is 4.98 Å². The molecule has 1 heterocycles. The molecule has 0 aromatic carbocycles. The molecular formula is C7H9ClN2S. The summed E-state index contributed by atoms with van der Waals surface area (Å²) in [7, 11) is 0. The number of aromatic nitrogens is 1. The fraction of sp³-hybridized carbons (Fsp3) is 0.571. The molecule has 0 radical (unpaired) electrons. The van der Waals surface area contributed by atoms with Crippen LogP contribution in [0.25, 0.3) is 0 Å². The third-order valence-electron chi connectivity index (χ3n) is 1.64. The fourth-order valence-electron chi connectivity index (χ4n) is 0.889. The normalized spacial score (nSPS) is 17.2. The van der Waals surface area contributed by atoms with Gasteiger partial charge in [0, 0.05) is 12.6 Å². The Morgan fingerprint density at radius 1 is 1.73 bits per heavy atom. The van der Waals surface area contributed by atoms with Crippen LogP contribution in [-0.2, 0) is 6.54 Å². The van der Waals surface area contributed by atoms with Crippen LogP contribution >= 0.6 is 22.9 Å². The average molecular weight is 189 g/mol. The minimum atomic E-state index is 0.748. The van der Waals surface area contributed by atoms with Crippen molar-refractivity contribution in [1.82, 2.24) is 10.3 Å². The molecule has 1 N–H and O–H groups in total. The molecule has 0 atom stereocenters. The monoisotopic (exact) mass is 188 g/mol. The Balaban J connectivity index is 1.85. The Bertz CT molecular complexity index is 244. The third kappa shape index (κ3) is 2.15. The fourth-order valence-corrected chi connectivity index (χ4v) is 1.80. The van der Waals surface area contributed by atoms with Gasteiger partial charge in [0.1, 0.15) is 9.34 Å². The minimum Gasteiger partial charge on any atom is -0.308 e. The molecule has 1 aromatic heterocycles. The third-order valence-corrected chi connectivity index (χ3v) is 2.76. The van der Waals surface area contributed by atoms with Crippen molar-refractivity contribution >= 4 is 22.9 Å². The summed E-state index contributed by atoms with van der Waals surface area (Å²) in [6, 6.07) is 0.748. The van der Waals surface area contributed by atoms with Crippen LogP contribution in [0.3, 0.4) is 0 Å². The van der Waals surface area contributed by atoms with E-state index in [0.29, 0.717) is 0 Å². The molecule has 1 aliphatic rings. The lowest BCUT2D eigenvalue weighted by Gasteiger charge is -1.95. The highest BCUT2D eigenvalue weighted by Gasteiger charge is 2.20. The molecule has 0 amide bonds. The maximum atomic E-state index is 5.72. The summed E-state index contributed by atoms with van der Waals surface area (Å²) in [5.74, 6) is 0. The van der Waals surface area contributed by atoms with Gasteiger partial charge in [-0.1, -0.05) is 11.6 Å². The van der Waals surface area contributed by atoms with E-state index in [9.17, 15) is 0 Å². The summed E-state index contributed by atoms with van der Waals surface area (Å²) in [5, 5.41) is 4.46. The van der Waals surface area contributed by atoms with E-state index in [1.807, 2.05) is 0 Å². The van der Waals surface area contributed by atoms with Gasteiger partial charge in [-0.2, -0.15) is 0 Å². The van der Waals surface area contributed by atoms with Crippen LogP contribution in [0.5, 0.6) is 0 Å². The molecule has 0 bridgehead atoms. The van der Waals surface area contributed by atoms with Gasteiger partial charge >= 0.3 is 0 Å². The van der Waals surface area contributed by atoms with Crippen molar-refractivity contribution in [2.75, 3.05) is 0 Å². The number of halogens is 1. The number of rotatable bonds is 3.